The lowest BCUT2D eigenvalue weighted by molar-refractivity contribution is 0.424. The van der Waals surface area contributed by atoms with Crippen LogP contribution < -0.4 is 10.6 Å². The van der Waals surface area contributed by atoms with Crippen LogP contribution in [-0.4, -0.2) is 37.0 Å². The number of H-pyrrole nitrogens is 1. The molecule has 0 spiro atoms. The van der Waals surface area contributed by atoms with E-state index < -0.39 is 17.5 Å². The van der Waals surface area contributed by atoms with Crippen molar-refractivity contribution in [1.82, 2.24) is 24.9 Å². The minimum atomic E-state index is -0.712. The maximum absolute atomic E-state index is 14.5. The Morgan fingerprint density at radius 3 is 2.66 bits per heavy atom. The fourth-order valence-corrected chi connectivity index (χ4v) is 4.17. The molecule has 3 aromatic heterocycles. The Morgan fingerprint density at radius 2 is 1.84 bits per heavy atom. The zero-order valence-electron chi connectivity index (χ0n) is 16.9. The first-order valence-corrected chi connectivity index (χ1v) is 10.3. The monoisotopic (exact) mass is 439 g/mol. The number of anilines is 2. The van der Waals surface area contributed by atoms with E-state index in [1.54, 1.807) is 12.3 Å². The summed E-state index contributed by atoms with van der Waals surface area (Å²) in [6, 6.07) is 3.99. The molecule has 0 radical (unpaired) electrons. The number of halogens is 3. The van der Waals surface area contributed by atoms with Crippen LogP contribution in [0.25, 0.3) is 22.3 Å². The molecule has 0 aliphatic heterocycles. The molecule has 2 atom stereocenters. The third kappa shape index (κ3) is 4.08. The number of hydrogen-bond donors (Lipinski definition) is 3. The van der Waals surface area contributed by atoms with Crippen molar-refractivity contribution >= 4 is 22.5 Å². The van der Waals surface area contributed by atoms with Crippen molar-refractivity contribution in [3.63, 3.8) is 0 Å². The number of aromatic nitrogens is 5. The van der Waals surface area contributed by atoms with Gasteiger partial charge in [-0.15, -0.1) is 0 Å². The van der Waals surface area contributed by atoms with Crippen LogP contribution in [-0.2, 0) is 0 Å². The van der Waals surface area contributed by atoms with Crippen molar-refractivity contribution in [2.24, 2.45) is 0 Å². The normalized spacial score (nSPS) is 18.6. The van der Waals surface area contributed by atoms with Crippen LogP contribution in [0.2, 0.25) is 0 Å². The van der Waals surface area contributed by atoms with E-state index in [2.05, 4.69) is 35.6 Å². The zero-order chi connectivity index (χ0) is 22.1. The minimum Gasteiger partial charge on any atom is -0.367 e. The lowest BCUT2D eigenvalue weighted by atomic mass is 9.91. The maximum atomic E-state index is 14.5. The van der Waals surface area contributed by atoms with E-state index >= 15 is 0 Å². The first-order valence-electron chi connectivity index (χ1n) is 10.3. The summed E-state index contributed by atoms with van der Waals surface area (Å²) in [6.07, 6.45) is 9.28. The summed E-state index contributed by atoms with van der Waals surface area (Å²) in [6.45, 7) is 0. The highest BCUT2D eigenvalue weighted by Crippen LogP contribution is 2.30. The number of benzene rings is 1. The molecule has 10 heteroatoms. The van der Waals surface area contributed by atoms with Gasteiger partial charge in [-0.2, -0.15) is 0 Å². The minimum absolute atomic E-state index is 0.00167. The number of rotatable bonds is 5. The molecule has 7 nitrogen and oxygen atoms in total. The predicted molar refractivity (Wildman–Crippen MR) is 115 cm³/mol. The molecule has 4 aromatic rings. The molecule has 1 aromatic carbocycles. The number of hydrogen-bond acceptors (Lipinski definition) is 6. The van der Waals surface area contributed by atoms with Crippen molar-refractivity contribution in [2.45, 2.75) is 37.8 Å². The molecule has 1 aliphatic rings. The molecule has 0 amide bonds. The van der Waals surface area contributed by atoms with Crippen LogP contribution in [0.15, 0.2) is 43.1 Å². The van der Waals surface area contributed by atoms with Gasteiger partial charge in [0.05, 0.1) is 11.7 Å². The van der Waals surface area contributed by atoms with Gasteiger partial charge in [0.25, 0.3) is 0 Å². The summed E-state index contributed by atoms with van der Waals surface area (Å²) < 4.78 is 42.3. The number of nitrogens with zero attached hydrogens (tertiary/aromatic N) is 4. The quantitative estimate of drug-likeness (QED) is 0.419. The average Bonchev–Trinajstić information content (AvgIpc) is 3.20. The molecule has 0 saturated heterocycles. The lowest BCUT2D eigenvalue weighted by Gasteiger charge is -2.31. The second kappa shape index (κ2) is 8.45. The summed E-state index contributed by atoms with van der Waals surface area (Å²) in [7, 11) is 0. The molecule has 0 unspecified atom stereocenters. The average molecular weight is 439 g/mol. The Balaban J connectivity index is 1.37. The van der Waals surface area contributed by atoms with Gasteiger partial charge >= 0.3 is 0 Å². The Labute approximate surface area is 181 Å². The molecular weight excluding hydrogens is 419 g/mol. The fraction of sp³-hybridized carbons (Fsp3) is 0.273. The third-order valence-electron chi connectivity index (χ3n) is 5.64. The van der Waals surface area contributed by atoms with Crippen molar-refractivity contribution in [3.8, 4) is 11.4 Å². The van der Waals surface area contributed by atoms with Gasteiger partial charge in [-0.25, -0.2) is 33.1 Å². The molecule has 1 saturated carbocycles. The molecule has 3 N–H and O–H groups in total. The van der Waals surface area contributed by atoms with Gasteiger partial charge < -0.3 is 15.6 Å². The second-order valence-corrected chi connectivity index (χ2v) is 7.85. The Morgan fingerprint density at radius 1 is 1.00 bits per heavy atom. The highest BCUT2D eigenvalue weighted by molar-refractivity contribution is 5.94. The molecule has 0 bridgehead atoms. The molecule has 5 rings (SSSR count). The van der Waals surface area contributed by atoms with Crippen molar-refractivity contribution in [1.29, 1.82) is 0 Å². The first kappa shape index (κ1) is 20.2. The van der Waals surface area contributed by atoms with E-state index in [4.69, 9.17) is 0 Å². The maximum Gasteiger partial charge on any atom is 0.183 e. The highest BCUT2D eigenvalue weighted by atomic mass is 19.1. The molecule has 32 heavy (non-hydrogen) atoms. The highest BCUT2D eigenvalue weighted by Gasteiger charge is 2.24. The third-order valence-corrected chi connectivity index (χ3v) is 5.64. The van der Waals surface area contributed by atoms with E-state index in [-0.39, 0.29) is 29.2 Å². The van der Waals surface area contributed by atoms with Gasteiger partial charge in [0.15, 0.2) is 17.5 Å². The van der Waals surface area contributed by atoms with Gasteiger partial charge in [0.1, 0.15) is 23.8 Å². The second-order valence-electron chi connectivity index (χ2n) is 7.85. The summed E-state index contributed by atoms with van der Waals surface area (Å²) in [5, 5.41) is 6.86. The number of fused-ring (bicyclic) bond motifs is 1. The number of nitrogens with one attached hydrogen (secondary N) is 3. The molecule has 164 valence electrons. The summed E-state index contributed by atoms with van der Waals surface area (Å²) in [5.74, 6) is -1.01. The van der Waals surface area contributed by atoms with E-state index in [1.165, 1.54) is 18.6 Å². The van der Waals surface area contributed by atoms with Gasteiger partial charge in [0, 0.05) is 41.5 Å². The Bertz CT molecular complexity index is 1250. The van der Waals surface area contributed by atoms with Crippen LogP contribution in [0.4, 0.5) is 24.8 Å². The topological polar surface area (TPSA) is 91.4 Å². The van der Waals surface area contributed by atoms with Crippen LogP contribution in [0.3, 0.4) is 0 Å². The van der Waals surface area contributed by atoms with Crippen LogP contribution in [0.5, 0.6) is 0 Å². The summed E-state index contributed by atoms with van der Waals surface area (Å²) in [4.78, 5) is 19.2. The predicted octanol–water partition coefficient (Wildman–Crippen LogP) is 4.67. The van der Waals surface area contributed by atoms with Gasteiger partial charge in [0.2, 0.25) is 0 Å². The smallest absolute Gasteiger partial charge is 0.183 e. The van der Waals surface area contributed by atoms with Gasteiger partial charge in [-0.05, 0) is 37.8 Å². The van der Waals surface area contributed by atoms with Gasteiger partial charge in [-0.3, -0.25) is 0 Å². The summed E-state index contributed by atoms with van der Waals surface area (Å²) in [5.41, 5.74) is 0.545. The zero-order valence-corrected chi connectivity index (χ0v) is 16.9. The van der Waals surface area contributed by atoms with E-state index in [0.717, 1.165) is 43.8 Å². The summed E-state index contributed by atoms with van der Waals surface area (Å²) >= 11 is 0. The van der Waals surface area contributed by atoms with Crippen molar-refractivity contribution in [3.05, 3.63) is 60.6 Å². The fourth-order valence-electron chi connectivity index (χ4n) is 4.17. The van der Waals surface area contributed by atoms with Crippen LogP contribution in [0, 0.1) is 17.5 Å². The molecule has 1 aliphatic carbocycles. The molecule has 3 heterocycles. The van der Waals surface area contributed by atoms with Gasteiger partial charge in [-0.1, -0.05) is 0 Å². The van der Waals surface area contributed by atoms with E-state index in [1.807, 2.05) is 0 Å². The lowest BCUT2D eigenvalue weighted by Crippen LogP contribution is -2.35. The first-order chi connectivity index (χ1) is 15.6. The Kier molecular flexibility index (Phi) is 5.34. The Hall–Kier alpha value is -3.69. The molecular formula is C22H20F3N7. The number of aromatic amines is 1. The standard InChI is InChI=1S/C22H20F3N7/c23-12-6-15-16(9-27-20(15)17(24)7-12)21-28-10-18(25)22(32-21)31-14-3-1-2-13(8-14)30-19-4-5-26-11-29-19/h4-7,9-11,13-14,27H,1-3,8H2,(H,26,29,30)(H,28,31,32)/t13-,14+/m0/s1. The van der Waals surface area contributed by atoms with E-state index in [0.29, 0.717) is 10.9 Å². The SMILES string of the molecule is Fc1cc(F)c2[nH]cc(-c3ncc(F)c(N[C@@H]4CCC[C@H](Nc5ccncn5)C4)n3)c2c1. The largest absolute Gasteiger partial charge is 0.367 e. The van der Waals surface area contributed by atoms with Crippen molar-refractivity contribution < 1.29 is 13.2 Å². The van der Waals surface area contributed by atoms with Crippen molar-refractivity contribution in [2.75, 3.05) is 10.6 Å². The van der Waals surface area contributed by atoms with Crippen LogP contribution in [0.1, 0.15) is 25.7 Å². The molecule has 1 fully saturated rings. The van der Waals surface area contributed by atoms with E-state index in [9.17, 15) is 13.2 Å². The van der Waals surface area contributed by atoms with Crippen LogP contribution >= 0.6 is 0 Å².